The maximum atomic E-state index is 5.32. The van der Waals surface area contributed by atoms with Gasteiger partial charge in [-0.15, -0.1) is 0 Å². The normalized spacial score (nSPS) is 23.2. The molecule has 3 nitrogen and oxygen atoms in total. The Balaban J connectivity index is 2.15. The van der Waals surface area contributed by atoms with E-state index in [1.165, 1.54) is 0 Å². The van der Waals surface area contributed by atoms with Gasteiger partial charge in [-0.25, -0.2) is 0 Å². The lowest BCUT2D eigenvalue weighted by Gasteiger charge is -2.33. The number of rotatable bonds is 1. The first-order valence-corrected chi connectivity index (χ1v) is 5.18. The molecule has 0 aliphatic carbocycles. The van der Waals surface area contributed by atoms with Gasteiger partial charge < -0.3 is 9.64 Å². The minimum Gasteiger partial charge on any atom is -0.377 e. The molecule has 1 aliphatic rings. The van der Waals surface area contributed by atoms with E-state index in [-0.39, 0.29) is 4.95 Å². The fourth-order valence-electron chi connectivity index (χ4n) is 1.39. The molecule has 4 heteroatoms. The van der Waals surface area contributed by atoms with Gasteiger partial charge in [0.15, 0.2) is 0 Å². The maximum absolute atomic E-state index is 5.32. The highest BCUT2D eigenvalue weighted by Gasteiger charge is 2.20. The van der Waals surface area contributed by atoms with Crippen molar-refractivity contribution in [1.82, 2.24) is 4.98 Å². The van der Waals surface area contributed by atoms with E-state index in [0.717, 1.165) is 25.4 Å². The van der Waals surface area contributed by atoms with Crippen LogP contribution in [-0.4, -0.2) is 29.7 Å². The van der Waals surface area contributed by atoms with Crippen molar-refractivity contribution in [2.45, 2.75) is 4.95 Å². The van der Waals surface area contributed by atoms with Crippen LogP contribution in [0.3, 0.4) is 0 Å². The van der Waals surface area contributed by atoms with Crippen molar-refractivity contribution in [3.05, 3.63) is 24.5 Å². The molecule has 0 bridgehead atoms. The number of nitrogens with zero attached hydrogens (tertiary/aromatic N) is 2. The predicted octanol–water partition coefficient (Wildman–Crippen LogP) is 1.64. The van der Waals surface area contributed by atoms with Crippen molar-refractivity contribution < 1.29 is 4.74 Å². The molecule has 0 N–H and O–H groups in total. The van der Waals surface area contributed by atoms with Gasteiger partial charge in [-0.1, -0.05) is 15.9 Å². The maximum Gasteiger partial charge on any atom is 0.108 e. The summed E-state index contributed by atoms with van der Waals surface area (Å²) in [5.74, 6) is 0. The monoisotopic (exact) mass is 242 g/mol. The van der Waals surface area contributed by atoms with Crippen molar-refractivity contribution in [2.75, 3.05) is 24.7 Å². The van der Waals surface area contributed by atoms with Crippen LogP contribution in [0.15, 0.2) is 24.5 Å². The van der Waals surface area contributed by atoms with Gasteiger partial charge >= 0.3 is 0 Å². The van der Waals surface area contributed by atoms with Gasteiger partial charge in [0.25, 0.3) is 0 Å². The van der Waals surface area contributed by atoms with E-state index in [1.807, 2.05) is 12.3 Å². The lowest BCUT2D eigenvalue weighted by Crippen LogP contribution is -2.41. The zero-order valence-corrected chi connectivity index (χ0v) is 8.77. The molecule has 1 unspecified atom stereocenters. The summed E-state index contributed by atoms with van der Waals surface area (Å²) in [6.45, 7) is 2.44. The van der Waals surface area contributed by atoms with Gasteiger partial charge in [0.05, 0.1) is 25.1 Å². The minimum atomic E-state index is 0.269. The Hall–Kier alpha value is -0.610. The van der Waals surface area contributed by atoms with Crippen LogP contribution in [0.5, 0.6) is 0 Å². The lowest BCUT2D eigenvalue weighted by molar-refractivity contribution is 0.116. The van der Waals surface area contributed by atoms with Crippen molar-refractivity contribution in [3.8, 4) is 0 Å². The van der Waals surface area contributed by atoms with E-state index in [0.29, 0.717) is 0 Å². The second-order valence-electron chi connectivity index (χ2n) is 2.91. The molecule has 1 saturated heterocycles. The van der Waals surface area contributed by atoms with Crippen molar-refractivity contribution >= 4 is 21.6 Å². The lowest BCUT2D eigenvalue weighted by atomic mass is 10.3. The summed E-state index contributed by atoms with van der Waals surface area (Å²) < 4.78 is 5.32. The molecular formula is C9H11BrN2O. The second kappa shape index (κ2) is 4.07. The number of halogens is 1. The third kappa shape index (κ3) is 2.00. The standard InChI is InChI=1S/C9H11BrN2O/c10-9-7-13-5-4-12(9)8-2-1-3-11-6-8/h1-3,6,9H,4-5,7H2. The summed E-state index contributed by atoms with van der Waals surface area (Å²) in [6, 6.07) is 4.01. The SMILES string of the molecule is BrC1COCCN1c1cccnc1. The molecule has 2 heterocycles. The molecule has 1 aliphatic heterocycles. The summed E-state index contributed by atoms with van der Waals surface area (Å²) in [7, 11) is 0. The first kappa shape index (κ1) is 8.97. The van der Waals surface area contributed by atoms with Gasteiger partial charge in [0.2, 0.25) is 0 Å². The fourth-order valence-corrected chi connectivity index (χ4v) is 2.02. The van der Waals surface area contributed by atoms with E-state index < -0.39 is 0 Å². The molecule has 70 valence electrons. The number of hydrogen-bond acceptors (Lipinski definition) is 3. The Labute approximate surface area is 85.8 Å². The first-order chi connectivity index (χ1) is 6.38. The highest BCUT2D eigenvalue weighted by Crippen LogP contribution is 2.21. The number of alkyl halides is 1. The van der Waals surface area contributed by atoms with Crippen LogP contribution in [0.1, 0.15) is 0 Å². The third-order valence-corrected chi connectivity index (χ3v) is 2.81. The molecule has 0 spiro atoms. The van der Waals surface area contributed by atoms with E-state index in [1.54, 1.807) is 6.20 Å². The summed E-state index contributed by atoms with van der Waals surface area (Å²) >= 11 is 3.56. The molecule has 0 aromatic carbocycles. The van der Waals surface area contributed by atoms with Crippen LogP contribution >= 0.6 is 15.9 Å². The van der Waals surface area contributed by atoms with Crippen LogP contribution in [0.2, 0.25) is 0 Å². The van der Waals surface area contributed by atoms with Crippen molar-refractivity contribution in [2.24, 2.45) is 0 Å². The fraction of sp³-hybridized carbons (Fsp3) is 0.444. The largest absolute Gasteiger partial charge is 0.377 e. The van der Waals surface area contributed by atoms with Crippen LogP contribution < -0.4 is 4.90 Å². The van der Waals surface area contributed by atoms with Crippen LogP contribution in [-0.2, 0) is 4.74 Å². The summed E-state index contributed by atoms with van der Waals surface area (Å²) in [6.07, 6.45) is 3.66. The third-order valence-electron chi connectivity index (χ3n) is 2.05. The average molecular weight is 243 g/mol. The Morgan fingerprint density at radius 1 is 1.62 bits per heavy atom. The number of pyridine rings is 1. The van der Waals surface area contributed by atoms with Gasteiger partial charge in [0.1, 0.15) is 4.95 Å². The topological polar surface area (TPSA) is 25.4 Å². The van der Waals surface area contributed by atoms with Gasteiger partial charge in [-0.05, 0) is 12.1 Å². The molecule has 2 rings (SSSR count). The number of anilines is 1. The summed E-state index contributed by atoms with van der Waals surface area (Å²) in [4.78, 5) is 6.61. The molecule has 1 aromatic heterocycles. The number of morpholine rings is 1. The molecule has 13 heavy (non-hydrogen) atoms. The number of aromatic nitrogens is 1. The molecule has 1 atom stereocenters. The predicted molar refractivity (Wildman–Crippen MR) is 55.1 cm³/mol. The molecule has 1 fully saturated rings. The number of hydrogen-bond donors (Lipinski definition) is 0. The molecule has 0 radical (unpaired) electrons. The van der Waals surface area contributed by atoms with Crippen molar-refractivity contribution in [3.63, 3.8) is 0 Å². The van der Waals surface area contributed by atoms with Crippen LogP contribution in [0.4, 0.5) is 5.69 Å². The van der Waals surface area contributed by atoms with Crippen molar-refractivity contribution in [1.29, 1.82) is 0 Å². The first-order valence-electron chi connectivity index (χ1n) is 4.26. The zero-order chi connectivity index (χ0) is 9.10. The Bertz CT molecular complexity index is 268. The number of ether oxygens (including phenoxy) is 1. The molecule has 0 amide bonds. The quantitative estimate of drug-likeness (QED) is 0.553. The molecular weight excluding hydrogens is 232 g/mol. The highest BCUT2D eigenvalue weighted by molar-refractivity contribution is 9.09. The molecule has 1 aromatic rings. The van der Waals surface area contributed by atoms with E-state index in [2.05, 4.69) is 31.9 Å². The Morgan fingerprint density at radius 3 is 3.23 bits per heavy atom. The van der Waals surface area contributed by atoms with E-state index >= 15 is 0 Å². The van der Waals surface area contributed by atoms with Gasteiger partial charge in [-0.3, -0.25) is 4.98 Å². The average Bonchev–Trinajstić information content (AvgIpc) is 2.20. The van der Waals surface area contributed by atoms with Gasteiger partial charge in [0, 0.05) is 12.7 Å². The second-order valence-corrected chi connectivity index (χ2v) is 3.97. The molecule has 0 saturated carbocycles. The summed E-state index contributed by atoms with van der Waals surface area (Å²) in [5, 5.41) is 0. The highest BCUT2D eigenvalue weighted by atomic mass is 79.9. The smallest absolute Gasteiger partial charge is 0.108 e. The Kier molecular flexibility index (Phi) is 2.80. The van der Waals surface area contributed by atoms with E-state index in [9.17, 15) is 0 Å². The Morgan fingerprint density at radius 2 is 2.54 bits per heavy atom. The minimum absolute atomic E-state index is 0.269. The van der Waals surface area contributed by atoms with Crippen LogP contribution in [0.25, 0.3) is 0 Å². The zero-order valence-electron chi connectivity index (χ0n) is 7.19. The van der Waals surface area contributed by atoms with Gasteiger partial charge in [-0.2, -0.15) is 0 Å². The van der Waals surface area contributed by atoms with E-state index in [4.69, 9.17) is 4.74 Å². The summed E-state index contributed by atoms with van der Waals surface area (Å²) in [5.41, 5.74) is 1.15. The van der Waals surface area contributed by atoms with Crippen LogP contribution in [0, 0.1) is 0 Å².